The minimum absolute atomic E-state index is 0.474. The van der Waals surface area contributed by atoms with Crippen molar-refractivity contribution in [1.82, 2.24) is 4.98 Å². The maximum atomic E-state index is 5.76. The molecule has 0 aromatic carbocycles. The SMILES string of the molecule is COCCCOCCOc1ccc(CCl)c(C)n1. The van der Waals surface area contributed by atoms with Crippen LogP contribution in [0, 0.1) is 6.92 Å². The molecule has 0 aliphatic heterocycles. The molecule has 0 fully saturated rings. The van der Waals surface area contributed by atoms with Gasteiger partial charge in [0.15, 0.2) is 0 Å². The lowest BCUT2D eigenvalue weighted by atomic mass is 10.2. The second-order valence-electron chi connectivity index (χ2n) is 3.83. The smallest absolute Gasteiger partial charge is 0.213 e. The van der Waals surface area contributed by atoms with E-state index in [0.29, 0.717) is 31.6 Å². The van der Waals surface area contributed by atoms with Crippen LogP contribution in [0.15, 0.2) is 12.1 Å². The molecule has 102 valence electrons. The number of alkyl halides is 1. The van der Waals surface area contributed by atoms with E-state index in [0.717, 1.165) is 24.3 Å². The highest BCUT2D eigenvalue weighted by Crippen LogP contribution is 2.14. The van der Waals surface area contributed by atoms with Crippen molar-refractivity contribution in [3.05, 3.63) is 23.4 Å². The van der Waals surface area contributed by atoms with Crippen LogP contribution in [0.5, 0.6) is 5.88 Å². The summed E-state index contributed by atoms with van der Waals surface area (Å²) in [6.07, 6.45) is 0.901. The van der Waals surface area contributed by atoms with Gasteiger partial charge in [0, 0.05) is 38.0 Å². The van der Waals surface area contributed by atoms with E-state index in [1.165, 1.54) is 0 Å². The van der Waals surface area contributed by atoms with Gasteiger partial charge in [0.25, 0.3) is 0 Å². The molecule has 0 bridgehead atoms. The van der Waals surface area contributed by atoms with Crippen molar-refractivity contribution < 1.29 is 14.2 Å². The molecule has 1 aromatic heterocycles. The Hall–Kier alpha value is -0.840. The fourth-order valence-corrected chi connectivity index (χ4v) is 1.68. The standard InChI is InChI=1S/C13H20ClNO3/c1-11-12(10-14)4-5-13(15-11)18-9-8-17-7-3-6-16-2/h4-5H,3,6-10H2,1-2H3. The van der Waals surface area contributed by atoms with Crippen molar-refractivity contribution >= 4 is 11.6 Å². The Balaban J connectivity index is 2.17. The summed E-state index contributed by atoms with van der Waals surface area (Å²) >= 11 is 5.76. The summed E-state index contributed by atoms with van der Waals surface area (Å²) in [7, 11) is 1.68. The van der Waals surface area contributed by atoms with Crippen LogP contribution in [0.25, 0.3) is 0 Å². The Morgan fingerprint density at radius 2 is 2.00 bits per heavy atom. The topological polar surface area (TPSA) is 40.6 Å². The van der Waals surface area contributed by atoms with Gasteiger partial charge in [-0.05, 0) is 18.9 Å². The average Bonchev–Trinajstić information content (AvgIpc) is 2.38. The number of hydrogen-bond donors (Lipinski definition) is 0. The molecule has 0 amide bonds. The lowest BCUT2D eigenvalue weighted by Gasteiger charge is -2.08. The summed E-state index contributed by atoms with van der Waals surface area (Å²) in [6.45, 7) is 4.39. The first kappa shape index (κ1) is 15.2. The van der Waals surface area contributed by atoms with Crippen LogP contribution < -0.4 is 4.74 Å². The molecule has 0 aliphatic rings. The second kappa shape index (κ2) is 9.14. The zero-order valence-electron chi connectivity index (χ0n) is 10.9. The molecule has 5 heteroatoms. The number of hydrogen-bond acceptors (Lipinski definition) is 4. The normalized spacial score (nSPS) is 10.6. The van der Waals surface area contributed by atoms with Crippen LogP contribution in [0.1, 0.15) is 17.7 Å². The van der Waals surface area contributed by atoms with Gasteiger partial charge < -0.3 is 14.2 Å². The highest BCUT2D eigenvalue weighted by Gasteiger charge is 2.01. The van der Waals surface area contributed by atoms with Gasteiger partial charge >= 0.3 is 0 Å². The van der Waals surface area contributed by atoms with E-state index in [1.54, 1.807) is 7.11 Å². The number of pyridine rings is 1. The van der Waals surface area contributed by atoms with Crippen LogP contribution in [-0.4, -0.2) is 38.5 Å². The van der Waals surface area contributed by atoms with E-state index >= 15 is 0 Å². The number of ether oxygens (including phenoxy) is 3. The third-order valence-electron chi connectivity index (χ3n) is 2.43. The van der Waals surface area contributed by atoms with Crippen LogP contribution in [0.4, 0.5) is 0 Å². The van der Waals surface area contributed by atoms with E-state index in [1.807, 2.05) is 19.1 Å². The highest BCUT2D eigenvalue weighted by molar-refractivity contribution is 6.17. The van der Waals surface area contributed by atoms with E-state index in [9.17, 15) is 0 Å². The summed E-state index contributed by atoms with van der Waals surface area (Å²) in [4.78, 5) is 4.31. The van der Waals surface area contributed by atoms with Crippen LogP contribution in [0.2, 0.25) is 0 Å². The molecule has 0 spiro atoms. The average molecular weight is 274 g/mol. The Kier molecular flexibility index (Phi) is 7.73. The van der Waals surface area contributed by atoms with E-state index in [2.05, 4.69) is 4.98 Å². The molecule has 0 saturated heterocycles. The third kappa shape index (κ3) is 5.67. The number of nitrogens with zero attached hydrogens (tertiary/aromatic N) is 1. The molecular formula is C13H20ClNO3. The summed E-state index contributed by atoms with van der Waals surface area (Å²) in [6, 6.07) is 3.76. The summed E-state index contributed by atoms with van der Waals surface area (Å²) in [5.74, 6) is 1.09. The fraction of sp³-hybridized carbons (Fsp3) is 0.615. The quantitative estimate of drug-likeness (QED) is 0.512. The van der Waals surface area contributed by atoms with Crippen LogP contribution in [0.3, 0.4) is 0 Å². The number of aryl methyl sites for hydroxylation is 1. The van der Waals surface area contributed by atoms with Gasteiger partial charge in [-0.15, -0.1) is 11.6 Å². The van der Waals surface area contributed by atoms with Crippen LogP contribution >= 0.6 is 11.6 Å². The lowest BCUT2D eigenvalue weighted by Crippen LogP contribution is -2.09. The van der Waals surface area contributed by atoms with Gasteiger partial charge in [-0.1, -0.05) is 6.07 Å². The largest absolute Gasteiger partial charge is 0.475 e. The second-order valence-corrected chi connectivity index (χ2v) is 4.10. The zero-order chi connectivity index (χ0) is 13.2. The number of aromatic nitrogens is 1. The predicted octanol–water partition coefficient (Wildman–Crippen LogP) is 2.56. The molecule has 4 nitrogen and oxygen atoms in total. The fourth-order valence-electron chi connectivity index (χ4n) is 1.40. The first-order valence-electron chi connectivity index (χ1n) is 6.00. The monoisotopic (exact) mass is 273 g/mol. The maximum Gasteiger partial charge on any atom is 0.213 e. The zero-order valence-corrected chi connectivity index (χ0v) is 11.7. The van der Waals surface area contributed by atoms with Crippen molar-refractivity contribution in [2.45, 2.75) is 19.2 Å². The molecule has 1 aromatic rings. The summed E-state index contributed by atoms with van der Waals surface area (Å²) in [5, 5.41) is 0. The lowest BCUT2D eigenvalue weighted by molar-refractivity contribution is 0.0795. The first-order valence-corrected chi connectivity index (χ1v) is 6.53. The van der Waals surface area contributed by atoms with Crippen molar-refractivity contribution in [3.8, 4) is 5.88 Å². The first-order chi connectivity index (χ1) is 8.77. The molecule has 1 rings (SSSR count). The van der Waals surface area contributed by atoms with Gasteiger partial charge in [0.05, 0.1) is 6.61 Å². The van der Waals surface area contributed by atoms with E-state index < -0.39 is 0 Å². The molecule has 0 unspecified atom stereocenters. The molecule has 0 N–H and O–H groups in total. The van der Waals surface area contributed by atoms with Gasteiger partial charge in [-0.25, -0.2) is 4.98 Å². The maximum absolute atomic E-state index is 5.76. The highest BCUT2D eigenvalue weighted by atomic mass is 35.5. The van der Waals surface area contributed by atoms with Gasteiger partial charge in [0.1, 0.15) is 6.61 Å². The number of methoxy groups -OCH3 is 1. The number of rotatable bonds is 9. The predicted molar refractivity (Wildman–Crippen MR) is 71.3 cm³/mol. The van der Waals surface area contributed by atoms with Crippen molar-refractivity contribution in [2.24, 2.45) is 0 Å². The Morgan fingerprint density at radius 1 is 1.17 bits per heavy atom. The van der Waals surface area contributed by atoms with E-state index in [4.69, 9.17) is 25.8 Å². The molecular weight excluding hydrogens is 254 g/mol. The Labute approximate surface area is 113 Å². The van der Waals surface area contributed by atoms with Crippen LogP contribution in [-0.2, 0) is 15.4 Å². The van der Waals surface area contributed by atoms with Crippen molar-refractivity contribution in [2.75, 3.05) is 33.5 Å². The molecule has 0 atom stereocenters. The molecule has 1 heterocycles. The van der Waals surface area contributed by atoms with Gasteiger partial charge in [-0.2, -0.15) is 0 Å². The minimum Gasteiger partial charge on any atom is -0.475 e. The van der Waals surface area contributed by atoms with E-state index in [-0.39, 0.29) is 0 Å². The minimum atomic E-state index is 0.474. The molecule has 18 heavy (non-hydrogen) atoms. The summed E-state index contributed by atoms with van der Waals surface area (Å²) < 4.78 is 15.8. The molecule has 0 saturated carbocycles. The Bertz CT molecular complexity index is 347. The molecule has 0 radical (unpaired) electrons. The molecule has 0 aliphatic carbocycles. The Morgan fingerprint density at radius 3 is 2.67 bits per heavy atom. The third-order valence-corrected chi connectivity index (χ3v) is 2.72. The van der Waals surface area contributed by atoms with Crippen molar-refractivity contribution in [1.29, 1.82) is 0 Å². The van der Waals surface area contributed by atoms with Crippen molar-refractivity contribution in [3.63, 3.8) is 0 Å². The van der Waals surface area contributed by atoms with Gasteiger partial charge in [0.2, 0.25) is 5.88 Å². The summed E-state index contributed by atoms with van der Waals surface area (Å²) in [5.41, 5.74) is 1.93. The van der Waals surface area contributed by atoms with Gasteiger partial charge in [-0.3, -0.25) is 0 Å². The number of halogens is 1.